The first-order chi connectivity index (χ1) is 14.4. The van der Waals surface area contributed by atoms with E-state index in [9.17, 15) is 19.2 Å². The second-order valence-corrected chi connectivity index (χ2v) is 6.19. The van der Waals surface area contributed by atoms with Crippen LogP contribution in [0.25, 0.3) is 0 Å². The second-order valence-electron chi connectivity index (χ2n) is 6.19. The van der Waals surface area contributed by atoms with Gasteiger partial charge in [-0.25, -0.2) is 14.4 Å². The van der Waals surface area contributed by atoms with Crippen LogP contribution in [0.3, 0.4) is 0 Å². The van der Waals surface area contributed by atoms with Crippen LogP contribution in [0.1, 0.15) is 39.0 Å². The van der Waals surface area contributed by atoms with Crippen molar-refractivity contribution in [3.05, 3.63) is 25.3 Å². The van der Waals surface area contributed by atoms with Gasteiger partial charge in [0.25, 0.3) is 0 Å². The first-order valence-corrected chi connectivity index (χ1v) is 9.87. The molecule has 0 saturated carbocycles. The van der Waals surface area contributed by atoms with Crippen LogP contribution < -0.4 is 16.4 Å². The molecule has 10 heteroatoms. The second kappa shape index (κ2) is 17.0. The third-order valence-electron chi connectivity index (χ3n) is 3.76. The van der Waals surface area contributed by atoms with Gasteiger partial charge in [0.1, 0.15) is 25.3 Å². The molecule has 2 atom stereocenters. The van der Waals surface area contributed by atoms with Gasteiger partial charge in [-0.2, -0.15) is 0 Å². The average Bonchev–Trinajstić information content (AvgIpc) is 2.72. The summed E-state index contributed by atoms with van der Waals surface area (Å²) in [7, 11) is 0. The highest BCUT2D eigenvalue weighted by Crippen LogP contribution is 2.05. The summed E-state index contributed by atoms with van der Waals surface area (Å²) < 4.78 is 14.8. The standard InChI is InChI=1S/C20H33N3O7/c1-4-13-29-18(25)15(9-7-8-12-21)22-20(27)23-16(19(26)30-14-5-2)10-11-17(24)28-6-3/h4-5,15-16H,1-2,6-14,21H2,3H3,(H2,22,23,27). The molecule has 0 bridgehead atoms. The van der Waals surface area contributed by atoms with Crippen molar-refractivity contribution in [1.82, 2.24) is 10.6 Å². The Morgan fingerprint density at radius 3 is 1.90 bits per heavy atom. The van der Waals surface area contributed by atoms with Crippen LogP contribution in [-0.2, 0) is 28.6 Å². The van der Waals surface area contributed by atoms with E-state index in [0.717, 1.165) is 0 Å². The van der Waals surface area contributed by atoms with E-state index in [0.29, 0.717) is 25.8 Å². The summed E-state index contributed by atoms with van der Waals surface area (Å²) in [6, 6.07) is -2.80. The molecule has 10 nitrogen and oxygen atoms in total. The van der Waals surface area contributed by atoms with Crippen LogP contribution in [-0.4, -0.2) is 62.4 Å². The monoisotopic (exact) mass is 427 g/mol. The quantitative estimate of drug-likeness (QED) is 0.143. The van der Waals surface area contributed by atoms with Gasteiger partial charge in [-0.05, 0) is 39.2 Å². The summed E-state index contributed by atoms with van der Waals surface area (Å²) in [5, 5.41) is 4.93. The number of carbonyl (C=O) groups excluding carboxylic acids is 4. The Morgan fingerprint density at radius 2 is 1.43 bits per heavy atom. The van der Waals surface area contributed by atoms with Gasteiger partial charge in [0, 0.05) is 6.42 Å². The van der Waals surface area contributed by atoms with Crippen molar-refractivity contribution < 1.29 is 33.4 Å². The third-order valence-corrected chi connectivity index (χ3v) is 3.76. The number of carbonyl (C=O) groups is 4. The average molecular weight is 427 g/mol. The first-order valence-electron chi connectivity index (χ1n) is 9.87. The number of unbranched alkanes of at least 4 members (excludes halogenated alkanes) is 1. The third kappa shape index (κ3) is 12.6. The van der Waals surface area contributed by atoms with Crippen molar-refractivity contribution in [1.29, 1.82) is 0 Å². The zero-order valence-corrected chi connectivity index (χ0v) is 17.5. The molecule has 0 spiro atoms. The molecule has 0 aromatic heterocycles. The van der Waals surface area contributed by atoms with Gasteiger partial charge in [-0.1, -0.05) is 25.3 Å². The molecule has 0 aromatic rings. The molecule has 0 heterocycles. The normalized spacial score (nSPS) is 12.1. The molecule has 0 aliphatic carbocycles. The summed E-state index contributed by atoms with van der Waals surface area (Å²) in [5.74, 6) is -1.86. The molecular weight excluding hydrogens is 394 g/mol. The number of rotatable bonds is 16. The smallest absolute Gasteiger partial charge is 0.329 e. The summed E-state index contributed by atoms with van der Waals surface area (Å²) in [6.45, 7) is 9.20. The zero-order chi connectivity index (χ0) is 22.8. The maximum Gasteiger partial charge on any atom is 0.329 e. The minimum atomic E-state index is -1.11. The van der Waals surface area contributed by atoms with Gasteiger partial charge >= 0.3 is 23.9 Å². The molecule has 0 aliphatic rings. The largest absolute Gasteiger partial charge is 0.466 e. The highest BCUT2D eigenvalue weighted by molar-refractivity contribution is 5.87. The van der Waals surface area contributed by atoms with Crippen molar-refractivity contribution in [2.75, 3.05) is 26.4 Å². The first kappa shape index (κ1) is 27.1. The Kier molecular flexibility index (Phi) is 15.4. The number of urea groups is 1. The van der Waals surface area contributed by atoms with Crippen LogP contribution >= 0.6 is 0 Å². The summed E-state index contributed by atoms with van der Waals surface area (Å²) in [4.78, 5) is 48.4. The van der Waals surface area contributed by atoms with E-state index in [-0.39, 0.29) is 32.7 Å². The van der Waals surface area contributed by atoms with Crippen LogP contribution in [0.4, 0.5) is 4.79 Å². The molecule has 0 saturated heterocycles. The lowest BCUT2D eigenvalue weighted by atomic mass is 10.1. The summed E-state index contributed by atoms with van der Waals surface area (Å²) in [5.41, 5.74) is 5.47. The summed E-state index contributed by atoms with van der Waals surface area (Å²) >= 11 is 0. The van der Waals surface area contributed by atoms with Crippen molar-refractivity contribution in [2.24, 2.45) is 5.73 Å². The molecule has 0 rings (SSSR count). The lowest BCUT2D eigenvalue weighted by Crippen LogP contribution is -2.52. The predicted octanol–water partition coefficient (Wildman–Crippen LogP) is 0.954. The van der Waals surface area contributed by atoms with Gasteiger partial charge in [-0.15, -0.1) is 0 Å². The fraction of sp³-hybridized carbons (Fsp3) is 0.600. The van der Waals surface area contributed by atoms with Crippen molar-refractivity contribution >= 4 is 23.9 Å². The lowest BCUT2D eigenvalue weighted by molar-refractivity contribution is -0.146. The molecule has 2 unspecified atom stereocenters. The minimum Gasteiger partial charge on any atom is -0.466 e. The Hall–Kier alpha value is -2.88. The number of hydrogen-bond acceptors (Lipinski definition) is 8. The molecule has 30 heavy (non-hydrogen) atoms. The lowest BCUT2D eigenvalue weighted by Gasteiger charge is -2.21. The fourth-order valence-electron chi connectivity index (χ4n) is 2.33. The van der Waals surface area contributed by atoms with Gasteiger partial charge in [0.2, 0.25) is 0 Å². The molecule has 0 aliphatic heterocycles. The maximum absolute atomic E-state index is 12.4. The molecule has 0 radical (unpaired) electrons. The predicted molar refractivity (Wildman–Crippen MR) is 110 cm³/mol. The number of amides is 2. The Bertz CT molecular complexity index is 581. The van der Waals surface area contributed by atoms with Gasteiger partial charge in [0.15, 0.2) is 0 Å². The van der Waals surface area contributed by atoms with E-state index in [2.05, 4.69) is 23.8 Å². The molecule has 0 fully saturated rings. The number of ether oxygens (including phenoxy) is 3. The SMILES string of the molecule is C=CCOC(=O)C(CCCCN)NC(=O)NC(CCC(=O)OCC)C(=O)OCC=C. The van der Waals surface area contributed by atoms with Gasteiger partial charge in [0.05, 0.1) is 6.61 Å². The van der Waals surface area contributed by atoms with E-state index >= 15 is 0 Å². The molecule has 0 aromatic carbocycles. The highest BCUT2D eigenvalue weighted by Gasteiger charge is 2.27. The molecule has 4 N–H and O–H groups in total. The molecule has 170 valence electrons. The number of esters is 3. The Balaban J connectivity index is 5.02. The highest BCUT2D eigenvalue weighted by atomic mass is 16.5. The maximum atomic E-state index is 12.4. The van der Waals surface area contributed by atoms with Crippen LogP contribution in [0.15, 0.2) is 25.3 Å². The fourth-order valence-corrected chi connectivity index (χ4v) is 2.33. The number of nitrogens with two attached hydrogens (primary N) is 1. The van der Waals surface area contributed by atoms with Crippen LogP contribution in [0.2, 0.25) is 0 Å². The van der Waals surface area contributed by atoms with E-state index in [1.165, 1.54) is 12.2 Å². The summed E-state index contributed by atoms with van der Waals surface area (Å²) in [6.07, 6.45) is 4.25. The molecule has 2 amide bonds. The van der Waals surface area contributed by atoms with E-state index in [1.54, 1.807) is 6.92 Å². The molecular formula is C20H33N3O7. The van der Waals surface area contributed by atoms with E-state index in [1.807, 2.05) is 0 Å². The number of nitrogens with one attached hydrogen (secondary N) is 2. The zero-order valence-electron chi connectivity index (χ0n) is 17.5. The van der Waals surface area contributed by atoms with Gasteiger partial charge in [-0.3, -0.25) is 4.79 Å². The van der Waals surface area contributed by atoms with E-state index < -0.39 is 36.0 Å². The Morgan fingerprint density at radius 1 is 0.900 bits per heavy atom. The van der Waals surface area contributed by atoms with Gasteiger partial charge < -0.3 is 30.6 Å². The Labute approximate surface area is 177 Å². The van der Waals surface area contributed by atoms with Crippen LogP contribution in [0, 0.1) is 0 Å². The minimum absolute atomic E-state index is 0.00552. The van der Waals surface area contributed by atoms with E-state index in [4.69, 9.17) is 19.9 Å². The number of hydrogen-bond donors (Lipinski definition) is 3. The van der Waals surface area contributed by atoms with Crippen molar-refractivity contribution in [3.8, 4) is 0 Å². The van der Waals surface area contributed by atoms with Crippen molar-refractivity contribution in [3.63, 3.8) is 0 Å². The topological polar surface area (TPSA) is 146 Å². The van der Waals surface area contributed by atoms with Crippen molar-refractivity contribution in [2.45, 2.75) is 51.1 Å². The van der Waals surface area contributed by atoms with Crippen LogP contribution in [0.5, 0.6) is 0 Å².